The molecule has 0 atom stereocenters. The molecule has 0 saturated carbocycles. The highest BCUT2D eigenvalue weighted by Gasteiger charge is 1.95. The number of halogens is 2. The molecule has 1 nitrogen and oxygen atoms in total. The van der Waals surface area contributed by atoms with E-state index in [0.29, 0.717) is 5.02 Å². The average molecular weight is 233 g/mol. The SMILES string of the molecule is CN=Cc1ccc(Br)c(Cl)c1. The Bertz CT molecular complexity index is 283. The van der Waals surface area contributed by atoms with Crippen molar-refractivity contribution in [1.82, 2.24) is 0 Å². The lowest BCUT2D eigenvalue weighted by Gasteiger charge is -1.95. The van der Waals surface area contributed by atoms with Crippen LogP contribution in [0.25, 0.3) is 0 Å². The molecular weight excluding hydrogens is 225 g/mol. The summed E-state index contributed by atoms with van der Waals surface area (Å²) in [7, 11) is 1.73. The fourth-order valence-corrected chi connectivity index (χ4v) is 1.18. The van der Waals surface area contributed by atoms with E-state index in [4.69, 9.17) is 11.6 Å². The highest BCUT2D eigenvalue weighted by molar-refractivity contribution is 9.10. The molecule has 0 aliphatic rings. The van der Waals surface area contributed by atoms with E-state index in [-0.39, 0.29) is 0 Å². The summed E-state index contributed by atoms with van der Waals surface area (Å²) in [5, 5.41) is 0.711. The molecule has 1 aromatic rings. The summed E-state index contributed by atoms with van der Waals surface area (Å²) in [5.41, 5.74) is 1.01. The average Bonchev–Trinajstić information content (AvgIpc) is 1.98. The molecule has 0 saturated heterocycles. The molecular formula is C8H7BrClN. The van der Waals surface area contributed by atoms with Crippen molar-refractivity contribution in [2.45, 2.75) is 0 Å². The van der Waals surface area contributed by atoms with Gasteiger partial charge in [-0.15, -0.1) is 0 Å². The highest BCUT2D eigenvalue weighted by Crippen LogP contribution is 2.22. The largest absolute Gasteiger partial charge is 0.296 e. The molecule has 0 aromatic heterocycles. The topological polar surface area (TPSA) is 12.4 Å². The molecule has 1 aromatic carbocycles. The van der Waals surface area contributed by atoms with Crippen LogP contribution in [0.3, 0.4) is 0 Å². The van der Waals surface area contributed by atoms with Gasteiger partial charge in [-0.1, -0.05) is 17.7 Å². The first-order chi connectivity index (χ1) is 5.24. The van der Waals surface area contributed by atoms with E-state index in [2.05, 4.69) is 20.9 Å². The second kappa shape index (κ2) is 3.88. The second-order valence-corrected chi connectivity index (χ2v) is 3.32. The van der Waals surface area contributed by atoms with Gasteiger partial charge in [0.1, 0.15) is 0 Å². The Morgan fingerprint density at radius 1 is 1.55 bits per heavy atom. The second-order valence-electron chi connectivity index (χ2n) is 2.06. The van der Waals surface area contributed by atoms with Crippen molar-refractivity contribution >= 4 is 33.7 Å². The molecule has 3 heteroatoms. The zero-order chi connectivity index (χ0) is 8.27. The zero-order valence-corrected chi connectivity index (χ0v) is 8.35. The van der Waals surface area contributed by atoms with E-state index in [1.54, 1.807) is 13.3 Å². The first-order valence-electron chi connectivity index (χ1n) is 3.11. The highest BCUT2D eigenvalue weighted by atomic mass is 79.9. The summed E-state index contributed by atoms with van der Waals surface area (Å²) in [4.78, 5) is 3.88. The van der Waals surface area contributed by atoms with Gasteiger partial charge < -0.3 is 0 Å². The molecule has 1 rings (SSSR count). The third-order valence-electron chi connectivity index (χ3n) is 1.22. The Hall–Kier alpha value is -0.340. The fraction of sp³-hybridized carbons (Fsp3) is 0.125. The lowest BCUT2D eigenvalue weighted by Crippen LogP contribution is -1.80. The van der Waals surface area contributed by atoms with E-state index in [1.165, 1.54) is 0 Å². The molecule has 0 unspecified atom stereocenters. The van der Waals surface area contributed by atoms with Crippen molar-refractivity contribution < 1.29 is 0 Å². The Labute approximate surface area is 79.2 Å². The molecule has 0 aliphatic heterocycles. The molecule has 11 heavy (non-hydrogen) atoms. The lowest BCUT2D eigenvalue weighted by atomic mass is 10.2. The van der Waals surface area contributed by atoms with Gasteiger partial charge in [-0.2, -0.15) is 0 Å². The van der Waals surface area contributed by atoms with E-state index in [0.717, 1.165) is 10.0 Å². The maximum absolute atomic E-state index is 5.84. The Morgan fingerprint density at radius 3 is 2.82 bits per heavy atom. The van der Waals surface area contributed by atoms with Crippen LogP contribution in [-0.2, 0) is 0 Å². The van der Waals surface area contributed by atoms with Crippen LogP contribution in [0.15, 0.2) is 27.7 Å². The van der Waals surface area contributed by atoms with Crippen LogP contribution in [0.1, 0.15) is 5.56 Å². The summed E-state index contributed by atoms with van der Waals surface area (Å²) >= 11 is 9.15. The van der Waals surface area contributed by atoms with E-state index >= 15 is 0 Å². The molecule has 0 fully saturated rings. The molecule has 58 valence electrons. The van der Waals surface area contributed by atoms with Crippen molar-refractivity contribution in [3.63, 3.8) is 0 Å². The zero-order valence-electron chi connectivity index (χ0n) is 6.01. The normalized spacial score (nSPS) is 10.8. The van der Waals surface area contributed by atoms with Gasteiger partial charge in [0.25, 0.3) is 0 Å². The monoisotopic (exact) mass is 231 g/mol. The lowest BCUT2D eigenvalue weighted by molar-refractivity contribution is 1.46. The van der Waals surface area contributed by atoms with Crippen molar-refractivity contribution in [2.24, 2.45) is 4.99 Å². The molecule has 0 heterocycles. The molecule has 0 amide bonds. The Morgan fingerprint density at radius 2 is 2.27 bits per heavy atom. The van der Waals surface area contributed by atoms with Crippen molar-refractivity contribution in [3.05, 3.63) is 33.3 Å². The third-order valence-corrected chi connectivity index (χ3v) is 2.45. The minimum atomic E-state index is 0.711. The first-order valence-corrected chi connectivity index (χ1v) is 4.28. The van der Waals surface area contributed by atoms with Crippen LogP contribution in [0.2, 0.25) is 5.02 Å². The van der Waals surface area contributed by atoms with Crippen molar-refractivity contribution in [2.75, 3.05) is 7.05 Å². The fourth-order valence-electron chi connectivity index (χ4n) is 0.742. The van der Waals surface area contributed by atoms with Crippen LogP contribution >= 0.6 is 27.5 Å². The van der Waals surface area contributed by atoms with Crippen molar-refractivity contribution in [1.29, 1.82) is 0 Å². The number of benzene rings is 1. The summed E-state index contributed by atoms with van der Waals surface area (Å²) in [6.07, 6.45) is 1.76. The molecule has 0 bridgehead atoms. The molecule has 0 aliphatic carbocycles. The van der Waals surface area contributed by atoms with Gasteiger partial charge in [-0.05, 0) is 33.6 Å². The summed E-state index contributed by atoms with van der Waals surface area (Å²) in [6, 6.07) is 5.71. The van der Waals surface area contributed by atoms with Gasteiger partial charge in [0.2, 0.25) is 0 Å². The van der Waals surface area contributed by atoms with Crippen LogP contribution in [0, 0.1) is 0 Å². The number of aliphatic imine (C=N–C) groups is 1. The number of hydrogen-bond donors (Lipinski definition) is 0. The van der Waals surface area contributed by atoms with Crippen LogP contribution in [0.5, 0.6) is 0 Å². The molecule has 0 N–H and O–H groups in total. The molecule has 0 spiro atoms. The smallest absolute Gasteiger partial charge is 0.0554 e. The molecule has 0 radical (unpaired) electrons. The summed E-state index contributed by atoms with van der Waals surface area (Å²) in [6.45, 7) is 0. The summed E-state index contributed by atoms with van der Waals surface area (Å²) < 4.78 is 0.910. The quantitative estimate of drug-likeness (QED) is 0.660. The Balaban J connectivity index is 3.05. The number of hydrogen-bond acceptors (Lipinski definition) is 1. The predicted molar refractivity (Wildman–Crippen MR) is 52.7 cm³/mol. The minimum absolute atomic E-state index is 0.711. The standard InChI is InChI=1S/C8H7BrClN/c1-11-5-6-2-3-7(9)8(10)4-6/h2-5H,1H3. The van der Waals surface area contributed by atoms with Gasteiger partial charge in [-0.3, -0.25) is 4.99 Å². The van der Waals surface area contributed by atoms with Crippen molar-refractivity contribution in [3.8, 4) is 0 Å². The minimum Gasteiger partial charge on any atom is -0.296 e. The maximum atomic E-state index is 5.84. The third kappa shape index (κ3) is 2.31. The van der Waals surface area contributed by atoms with Crippen LogP contribution in [0.4, 0.5) is 0 Å². The maximum Gasteiger partial charge on any atom is 0.0554 e. The summed E-state index contributed by atoms with van der Waals surface area (Å²) in [5.74, 6) is 0. The first kappa shape index (κ1) is 8.75. The number of rotatable bonds is 1. The Kier molecular flexibility index (Phi) is 3.09. The van der Waals surface area contributed by atoms with E-state index in [9.17, 15) is 0 Å². The van der Waals surface area contributed by atoms with Gasteiger partial charge in [0.15, 0.2) is 0 Å². The van der Waals surface area contributed by atoms with Crippen LogP contribution < -0.4 is 0 Å². The van der Waals surface area contributed by atoms with Gasteiger partial charge in [0, 0.05) is 17.7 Å². The predicted octanol–water partition coefficient (Wildman–Crippen LogP) is 3.15. The van der Waals surface area contributed by atoms with E-state index < -0.39 is 0 Å². The van der Waals surface area contributed by atoms with Gasteiger partial charge in [0.05, 0.1) is 5.02 Å². The van der Waals surface area contributed by atoms with Gasteiger partial charge >= 0.3 is 0 Å². The van der Waals surface area contributed by atoms with Gasteiger partial charge in [-0.25, -0.2) is 0 Å². The number of nitrogens with zero attached hydrogens (tertiary/aromatic N) is 1. The van der Waals surface area contributed by atoms with E-state index in [1.807, 2.05) is 18.2 Å². The van der Waals surface area contributed by atoms with Crippen LogP contribution in [-0.4, -0.2) is 13.3 Å².